The third-order valence-corrected chi connectivity index (χ3v) is 7.20. The Morgan fingerprint density at radius 3 is 2.13 bits per heavy atom. The van der Waals surface area contributed by atoms with Gasteiger partial charge in [0.05, 0.1) is 4.90 Å². The number of hydrogen-bond acceptors (Lipinski definition) is 4. The highest BCUT2D eigenvalue weighted by Crippen LogP contribution is 2.44. The van der Waals surface area contributed by atoms with Crippen LogP contribution in [-0.2, 0) is 21.1 Å². The van der Waals surface area contributed by atoms with E-state index in [1.165, 1.54) is 41.3 Å². The molecule has 1 aliphatic rings. The second kappa shape index (κ2) is 8.00. The molecule has 0 bridgehead atoms. The van der Waals surface area contributed by atoms with Crippen LogP contribution in [0.5, 0.6) is 0 Å². The number of aryl methyl sites for hydroxylation is 1. The van der Waals surface area contributed by atoms with E-state index in [4.69, 9.17) is 0 Å². The quantitative estimate of drug-likeness (QED) is 0.627. The lowest BCUT2D eigenvalue weighted by atomic mass is 10.1. The number of nitrogens with zero attached hydrogens (tertiary/aromatic N) is 1. The van der Waals surface area contributed by atoms with Crippen LogP contribution >= 0.6 is 0 Å². The van der Waals surface area contributed by atoms with Gasteiger partial charge in [-0.3, -0.25) is 9.69 Å². The van der Waals surface area contributed by atoms with E-state index in [9.17, 15) is 22.7 Å². The van der Waals surface area contributed by atoms with E-state index in [2.05, 4.69) is 0 Å². The second-order valence-electron chi connectivity index (χ2n) is 7.18. The molecule has 0 unspecified atom stereocenters. The molecule has 31 heavy (non-hydrogen) atoms. The predicted octanol–water partition coefficient (Wildman–Crippen LogP) is 4.72. The van der Waals surface area contributed by atoms with Crippen LogP contribution in [0.3, 0.4) is 0 Å². The molecule has 158 valence electrons. The van der Waals surface area contributed by atoms with Crippen molar-refractivity contribution >= 4 is 21.4 Å². The van der Waals surface area contributed by atoms with Crippen LogP contribution in [0.1, 0.15) is 24.1 Å². The van der Waals surface area contributed by atoms with E-state index < -0.39 is 38.3 Å². The smallest absolute Gasteiger partial charge is 0.295 e. The molecule has 1 heterocycles. The molecule has 0 saturated heterocycles. The van der Waals surface area contributed by atoms with Gasteiger partial charge in [0.2, 0.25) is 9.84 Å². The van der Waals surface area contributed by atoms with Gasteiger partial charge < -0.3 is 5.11 Å². The minimum Gasteiger partial charge on any atom is -0.502 e. The van der Waals surface area contributed by atoms with Crippen molar-refractivity contribution in [2.75, 3.05) is 4.90 Å². The molecule has 0 radical (unpaired) electrons. The summed E-state index contributed by atoms with van der Waals surface area (Å²) in [5.74, 6) is -2.15. The van der Waals surface area contributed by atoms with Gasteiger partial charge in [0.1, 0.15) is 16.8 Å². The van der Waals surface area contributed by atoms with E-state index in [1.807, 2.05) is 19.1 Å². The summed E-state index contributed by atoms with van der Waals surface area (Å²) in [6, 6.07) is 18.8. The molecule has 5 nitrogen and oxygen atoms in total. The second-order valence-corrected chi connectivity index (χ2v) is 9.10. The van der Waals surface area contributed by atoms with Gasteiger partial charge in [0, 0.05) is 5.69 Å². The maximum Gasteiger partial charge on any atom is 0.295 e. The zero-order chi connectivity index (χ0) is 22.2. The first-order valence-corrected chi connectivity index (χ1v) is 11.2. The van der Waals surface area contributed by atoms with Gasteiger partial charge in [-0.2, -0.15) is 0 Å². The Labute approximate surface area is 180 Å². The summed E-state index contributed by atoms with van der Waals surface area (Å²) in [4.78, 5) is 13.8. The lowest BCUT2D eigenvalue weighted by molar-refractivity contribution is -0.117. The SMILES string of the molecule is CCc1ccc(N2C(=O)C(O)=C(S(=O)(=O)c3ccccc3)[C@H]2c2ccc(F)cc2)cc1. The maximum absolute atomic E-state index is 13.6. The van der Waals surface area contributed by atoms with E-state index >= 15 is 0 Å². The summed E-state index contributed by atoms with van der Waals surface area (Å²) in [5.41, 5.74) is 1.84. The molecular weight excluding hydrogens is 417 g/mol. The highest BCUT2D eigenvalue weighted by Gasteiger charge is 2.47. The standard InChI is InChI=1S/C24H20FNO4S/c1-2-16-8-14-19(15-9-16)26-21(17-10-12-18(25)13-11-17)23(22(27)24(26)28)31(29,30)20-6-4-3-5-7-20/h3-15,21,27H,2H2,1H3/t21-/m1/s1. The first-order valence-electron chi connectivity index (χ1n) is 9.76. The highest BCUT2D eigenvalue weighted by molar-refractivity contribution is 7.95. The van der Waals surface area contributed by atoms with Gasteiger partial charge in [0.15, 0.2) is 5.76 Å². The lowest BCUT2D eigenvalue weighted by Crippen LogP contribution is -2.31. The van der Waals surface area contributed by atoms with E-state index in [1.54, 1.807) is 30.3 Å². The predicted molar refractivity (Wildman–Crippen MR) is 116 cm³/mol. The molecular formula is C24H20FNO4S. The van der Waals surface area contributed by atoms with Crippen LogP contribution in [0, 0.1) is 5.82 Å². The molecule has 0 spiro atoms. The van der Waals surface area contributed by atoms with Gasteiger partial charge in [-0.05, 0) is 53.9 Å². The van der Waals surface area contributed by atoms with Crippen molar-refractivity contribution < 1.29 is 22.7 Å². The summed E-state index contributed by atoms with van der Waals surface area (Å²) >= 11 is 0. The normalized spacial score (nSPS) is 16.8. The first kappa shape index (κ1) is 20.8. The van der Waals surface area contributed by atoms with E-state index in [0.29, 0.717) is 11.3 Å². The first-order chi connectivity index (χ1) is 14.8. The van der Waals surface area contributed by atoms with Gasteiger partial charge in [0.25, 0.3) is 5.91 Å². The number of rotatable bonds is 5. The van der Waals surface area contributed by atoms with Crippen molar-refractivity contribution in [1.82, 2.24) is 0 Å². The molecule has 0 saturated carbocycles. The van der Waals surface area contributed by atoms with Crippen LogP contribution in [0.25, 0.3) is 0 Å². The Kier molecular flexibility index (Phi) is 5.37. The molecule has 0 aromatic heterocycles. The molecule has 1 amide bonds. The number of aliphatic hydroxyl groups is 1. The highest BCUT2D eigenvalue weighted by atomic mass is 32.2. The summed E-state index contributed by atoms with van der Waals surface area (Å²) in [7, 11) is -4.21. The fraction of sp³-hybridized carbons (Fsp3) is 0.125. The van der Waals surface area contributed by atoms with Crippen molar-refractivity contribution in [3.63, 3.8) is 0 Å². The molecule has 1 atom stereocenters. The Balaban J connectivity index is 1.92. The molecule has 1 N–H and O–H groups in total. The Morgan fingerprint density at radius 1 is 0.935 bits per heavy atom. The summed E-state index contributed by atoms with van der Waals surface area (Å²) in [6.45, 7) is 2.00. The van der Waals surface area contributed by atoms with Crippen molar-refractivity contribution in [2.45, 2.75) is 24.3 Å². The fourth-order valence-corrected chi connectivity index (χ4v) is 5.34. The largest absolute Gasteiger partial charge is 0.502 e. The summed E-state index contributed by atoms with van der Waals surface area (Å²) in [5, 5.41) is 10.7. The number of halogens is 1. The third-order valence-electron chi connectivity index (χ3n) is 5.31. The van der Waals surface area contributed by atoms with Crippen molar-refractivity contribution in [3.8, 4) is 0 Å². The van der Waals surface area contributed by atoms with Crippen LogP contribution in [0.15, 0.2) is 94.4 Å². The third kappa shape index (κ3) is 3.61. The van der Waals surface area contributed by atoms with E-state index in [-0.39, 0.29) is 4.90 Å². The number of aliphatic hydroxyl groups excluding tert-OH is 1. The molecule has 0 fully saturated rings. The van der Waals surface area contributed by atoms with Crippen molar-refractivity contribution in [3.05, 3.63) is 106 Å². The summed E-state index contributed by atoms with van der Waals surface area (Å²) in [6.07, 6.45) is 0.798. The number of amides is 1. The molecule has 3 aromatic rings. The monoisotopic (exact) mass is 437 g/mol. The van der Waals surface area contributed by atoms with Gasteiger partial charge in [-0.25, -0.2) is 12.8 Å². The topological polar surface area (TPSA) is 74.7 Å². The fourth-order valence-electron chi connectivity index (χ4n) is 3.69. The number of benzene rings is 3. The van der Waals surface area contributed by atoms with E-state index in [0.717, 1.165) is 12.0 Å². The average Bonchev–Trinajstić information content (AvgIpc) is 3.06. The summed E-state index contributed by atoms with van der Waals surface area (Å²) < 4.78 is 40.5. The number of hydrogen-bond donors (Lipinski definition) is 1. The van der Waals surface area contributed by atoms with Gasteiger partial charge in [-0.1, -0.05) is 49.4 Å². The van der Waals surface area contributed by atoms with Crippen LogP contribution in [-0.4, -0.2) is 19.4 Å². The molecule has 7 heteroatoms. The molecule has 3 aromatic carbocycles. The van der Waals surface area contributed by atoms with Crippen LogP contribution < -0.4 is 4.90 Å². The van der Waals surface area contributed by atoms with Gasteiger partial charge in [-0.15, -0.1) is 0 Å². The number of carbonyl (C=O) groups is 1. The van der Waals surface area contributed by atoms with Crippen molar-refractivity contribution in [2.24, 2.45) is 0 Å². The van der Waals surface area contributed by atoms with Crippen LogP contribution in [0.2, 0.25) is 0 Å². The Morgan fingerprint density at radius 2 is 1.55 bits per heavy atom. The molecule has 1 aliphatic heterocycles. The average molecular weight is 437 g/mol. The minimum absolute atomic E-state index is 0.0420. The molecule has 4 rings (SSSR count). The Bertz CT molecular complexity index is 1250. The maximum atomic E-state index is 13.6. The molecule has 0 aliphatic carbocycles. The van der Waals surface area contributed by atoms with Crippen molar-refractivity contribution in [1.29, 1.82) is 0 Å². The van der Waals surface area contributed by atoms with Gasteiger partial charge >= 0.3 is 0 Å². The number of sulfone groups is 1. The minimum atomic E-state index is -4.21. The zero-order valence-corrected chi connectivity index (χ0v) is 17.5. The lowest BCUT2D eigenvalue weighted by Gasteiger charge is -2.27. The van der Waals surface area contributed by atoms with Crippen LogP contribution in [0.4, 0.5) is 10.1 Å². The zero-order valence-electron chi connectivity index (χ0n) is 16.7. The Hall–Kier alpha value is -3.45. The number of anilines is 1. The number of carbonyl (C=O) groups excluding carboxylic acids is 1.